The number of hydrogen-bond donors (Lipinski definition) is 1. The van der Waals surface area contributed by atoms with E-state index in [9.17, 15) is 5.11 Å². The number of hydrogen-bond acceptors (Lipinski definition) is 4. The Labute approximate surface area is 146 Å². The fourth-order valence-corrected chi connectivity index (χ4v) is 4.27. The largest absolute Gasteiger partial charge is 0.490 e. The monoisotopic (exact) mass is 332 g/mol. The van der Waals surface area contributed by atoms with Gasteiger partial charge >= 0.3 is 0 Å². The van der Waals surface area contributed by atoms with Crippen molar-refractivity contribution in [3.05, 3.63) is 28.8 Å². The maximum absolute atomic E-state index is 10.4. The first-order valence-electron chi connectivity index (χ1n) is 9.22. The Hall–Kier alpha value is -1.10. The zero-order valence-corrected chi connectivity index (χ0v) is 15.6. The molecule has 4 heteroatoms. The number of rotatable bonds is 5. The number of aryl methyl sites for hydroxylation is 2. The van der Waals surface area contributed by atoms with Gasteiger partial charge in [0.15, 0.2) is 0 Å². The van der Waals surface area contributed by atoms with Crippen LogP contribution < -0.4 is 4.74 Å². The summed E-state index contributed by atoms with van der Waals surface area (Å²) in [7, 11) is 2.22. The molecule has 3 atom stereocenters. The van der Waals surface area contributed by atoms with Gasteiger partial charge in [0.25, 0.3) is 0 Å². The van der Waals surface area contributed by atoms with Gasteiger partial charge in [0.2, 0.25) is 0 Å². The molecule has 0 spiro atoms. The lowest BCUT2D eigenvalue weighted by Gasteiger charge is -2.31. The lowest BCUT2D eigenvalue weighted by atomic mass is 9.89. The van der Waals surface area contributed by atoms with Crippen molar-refractivity contribution in [3.8, 4) is 5.75 Å². The average Bonchev–Trinajstić information content (AvgIpc) is 2.92. The number of likely N-dealkylation sites (tertiary alicyclic amines) is 2. The Morgan fingerprint density at radius 3 is 2.62 bits per heavy atom. The van der Waals surface area contributed by atoms with Gasteiger partial charge in [-0.05, 0) is 69.3 Å². The number of benzene rings is 1. The van der Waals surface area contributed by atoms with E-state index in [1.165, 1.54) is 30.6 Å². The highest BCUT2D eigenvalue weighted by Gasteiger charge is 2.36. The molecule has 2 aliphatic heterocycles. The maximum atomic E-state index is 10.4. The smallest absolute Gasteiger partial charge is 0.125 e. The zero-order chi connectivity index (χ0) is 17.3. The van der Waals surface area contributed by atoms with Crippen LogP contribution in [0.2, 0.25) is 0 Å². The summed E-state index contributed by atoms with van der Waals surface area (Å²) < 4.78 is 5.97. The summed E-state index contributed by atoms with van der Waals surface area (Å²) in [5.74, 6) is 2.53. The summed E-state index contributed by atoms with van der Waals surface area (Å²) in [6.45, 7) is 12.0. The van der Waals surface area contributed by atoms with E-state index in [2.05, 4.69) is 49.8 Å². The molecule has 0 radical (unpaired) electrons. The van der Waals surface area contributed by atoms with E-state index in [0.717, 1.165) is 42.8 Å². The van der Waals surface area contributed by atoms with Gasteiger partial charge < -0.3 is 19.6 Å². The SMILES string of the molecule is Cc1ccc(C)c(OC[C@@H](O)CN2C[C@H]3CCN(C)C[C@H]3C2)c1C. The van der Waals surface area contributed by atoms with Crippen LogP contribution in [0.3, 0.4) is 0 Å². The van der Waals surface area contributed by atoms with Crippen molar-refractivity contribution in [2.75, 3.05) is 46.4 Å². The van der Waals surface area contributed by atoms with Crippen molar-refractivity contribution < 1.29 is 9.84 Å². The van der Waals surface area contributed by atoms with Crippen LogP contribution in [-0.2, 0) is 0 Å². The Morgan fingerprint density at radius 2 is 1.83 bits per heavy atom. The third-order valence-electron chi connectivity index (χ3n) is 5.84. The third kappa shape index (κ3) is 3.93. The quantitative estimate of drug-likeness (QED) is 0.897. The van der Waals surface area contributed by atoms with Crippen molar-refractivity contribution in [2.45, 2.75) is 33.3 Å². The Balaban J connectivity index is 1.50. The average molecular weight is 332 g/mol. The standard InChI is InChI=1S/C20H32N2O2/c1-14-5-6-15(2)20(16(14)3)24-13-19(23)12-22-10-17-7-8-21(4)9-18(17)11-22/h5-6,17-19,23H,7-13H2,1-4H3/t17-,18+,19+/m1/s1. The lowest BCUT2D eigenvalue weighted by Crippen LogP contribution is -2.37. The predicted molar refractivity (Wildman–Crippen MR) is 97.7 cm³/mol. The fraction of sp³-hybridized carbons (Fsp3) is 0.700. The van der Waals surface area contributed by atoms with Crippen molar-refractivity contribution in [2.24, 2.45) is 11.8 Å². The topological polar surface area (TPSA) is 35.9 Å². The molecule has 0 aromatic heterocycles. The predicted octanol–water partition coefficient (Wildman–Crippen LogP) is 2.24. The first-order valence-corrected chi connectivity index (χ1v) is 9.22. The van der Waals surface area contributed by atoms with E-state index in [0.29, 0.717) is 6.61 Å². The molecular weight excluding hydrogens is 300 g/mol. The molecule has 1 aromatic rings. The van der Waals surface area contributed by atoms with Gasteiger partial charge in [-0.1, -0.05) is 12.1 Å². The molecule has 0 aliphatic carbocycles. The summed E-state index contributed by atoms with van der Waals surface area (Å²) >= 11 is 0. The number of aliphatic hydroxyl groups is 1. The minimum atomic E-state index is -0.429. The van der Waals surface area contributed by atoms with E-state index in [-0.39, 0.29) is 0 Å². The molecule has 134 valence electrons. The van der Waals surface area contributed by atoms with E-state index in [1.54, 1.807) is 0 Å². The normalized spacial score (nSPS) is 26.4. The number of piperidine rings is 1. The Morgan fingerprint density at radius 1 is 1.12 bits per heavy atom. The highest BCUT2D eigenvalue weighted by molar-refractivity contribution is 5.44. The summed E-state index contributed by atoms with van der Waals surface area (Å²) in [6.07, 6.45) is 0.869. The Kier molecular flexibility index (Phi) is 5.48. The third-order valence-corrected chi connectivity index (χ3v) is 5.84. The molecule has 2 fully saturated rings. The van der Waals surface area contributed by atoms with Crippen molar-refractivity contribution >= 4 is 0 Å². The lowest BCUT2D eigenvalue weighted by molar-refractivity contribution is 0.0735. The van der Waals surface area contributed by atoms with E-state index in [4.69, 9.17) is 4.74 Å². The van der Waals surface area contributed by atoms with E-state index >= 15 is 0 Å². The minimum absolute atomic E-state index is 0.372. The van der Waals surface area contributed by atoms with Crippen LogP contribution in [0.25, 0.3) is 0 Å². The van der Waals surface area contributed by atoms with Crippen molar-refractivity contribution in [1.29, 1.82) is 0 Å². The molecule has 4 nitrogen and oxygen atoms in total. The van der Waals surface area contributed by atoms with Crippen LogP contribution in [0.15, 0.2) is 12.1 Å². The van der Waals surface area contributed by atoms with Crippen molar-refractivity contribution in [1.82, 2.24) is 9.80 Å². The molecule has 1 N–H and O–H groups in total. The summed E-state index contributed by atoms with van der Waals surface area (Å²) in [5, 5.41) is 10.4. The highest BCUT2D eigenvalue weighted by Crippen LogP contribution is 2.30. The van der Waals surface area contributed by atoms with Gasteiger partial charge in [-0.25, -0.2) is 0 Å². The molecule has 1 aromatic carbocycles. The van der Waals surface area contributed by atoms with Crippen LogP contribution in [0, 0.1) is 32.6 Å². The van der Waals surface area contributed by atoms with Crippen LogP contribution in [0.4, 0.5) is 0 Å². The maximum Gasteiger partial charge on any atom is 0.125 e. The molecule has 2 heterocycles. The summed E-state index contributed by atoms with van der Waals surface area (Å²) in [6, 6.07) is 4.21. The second kappa shape index (κ2) is 7.42. The molecule has 2 saturated heterocycles. The second-order valence-electron chi connectivity index (χ2n) is 7.91. The van der Waals surface area contributed by atoms with Crippen LogP contribution >= 0.6 is 0 Å². The van der Waals surface area contributed by atoms with Gasteiger partial charge in [0, 0.05) is 26.2 Å². The molecule has 0 unspecified atom stereocenters. The van der Waals surface area contributed by atoms with Gasteiger partial charge in [-0.15, -0.1) is 0 Å². The number of β-amino-alcohol motifs (C(OH)–C–C–N with tert-alkyl or cyclic N) is 1. The summed E-state index contributed by atoms with van der Waals surface area (Å²) in [5.41, 5.74) is 3.55. The highest BCUT2D eigenvalue weighted by atomic mass is 16.5. The van der Waals surface area contributed by atoms with Gasteiger partial charge in [-0.3, -0.25) is 0 Å². The molecule has 0 saturated carbocycles. The van der Waals surface area contributed by atoms with Gasteiger partial charge in [0.05, 0.1) is 0 Å². The number of nitrogens with zero attached hydrogens (tertiary/aromatic N) is 2. The summed E-state index contributed by atoms with van der Waals surface area (Å²) in [4.78, 5) is 4.87. The molecule has 0 bridgehead atoms. The molecule has 3 rings (SSSR count). The molecule has 24 heavy (non-hydrogen) atoms. The molecule has 0 amide bonds. The number of fused-ring (bicyclic) bond motifs is 1. The van der Waals surface area contributed by atoms with Crippen LogP contribution in [0.5, 0.6) is 5.75 Å². The van der Waals surface area contributed by atoms with Crippen LogP contribution in [-0.4, -0.2) is 67.4 Å². The Bertz CT molecular complexity index is 575. The van der Waals surface area contributed by atoms with Crippen molar-refractivity contribution in [3.63, 3.8) is 0 Å². The van der Waals surface area contributed by atoms with Crippen LogP contribution in [0.1, 0.15) is 23.1 Å². The minimum Gasteiger partial charge on any atom is -0.490 e. The van der Waals surface area contributed by atoms with Gasteiger partial charge in [0.1, 0.15) is 18.5 Å². The second-order valence-corrected chi connectivity index (χ2v) is 7.91. The fourth-order valence-electron chi connectivity index (χ4n) is 4.27. The van der Waals surface area contributed by atoms with Gasteiger partial charge in [-0.2, -0.15) is 0 Å². The zero-order valence-electron chi connectivity index (χ0n) is 15.6. The number of aliphatic hydroxyl groups excluding tert-OH is 1. The first kappa shape index (κ1) is 17.7. The molecular formula is C20H32N2O2. The number of ether oxygens (including phenoxy) is 1. The van der Waals surface area contributed by atoms with E-state index in [1.807, 2.05) is 0 Å². The van der Waals surface area contributed by atoms with E-state index < -0.39 is 6.10 Å². The molecule has 2 aliphatic rings. The first-order chi connectivity index (χ1) is 11.4.